The number of hydrogen-bond donors (Lipinski definition) is 0. The molecule has 0 amide bonds. The van der Waals surface area contributed by atoms with Gasteiger partial charge in [-0.05, 0) is 39.2 Å². The molecule has 0 unspecified atom stereocenters. The number of rotatable bonds is 5. The Hall–Kier alpha value is -1.87. The summed E-state index contributed by atoms with van der Waals surface area (Å²) in [5.74, 6) is 0.351. The van der Waals surface area contributed by atoms with Crippen LogP contribution in [0.25, 0.3) is 0 Å². The predicted octanol–water partition coefficient (Wildman–Crippen LogP) is 3.34. The first-order chi connectivity index (χ1) is 9.52. The van der Waals surface area contributed by atoms with Gasteiger partial charge in [-0.1, -0.05) is 0 Å². The van der Waals surface area contributed by atoms with Crippen molar-refractivity contribution in [3.8, 4) is 11.5 Å². The molecule has 5 heteroatoms. The van der Waals surface area contributed by atoms with E-state index in [-0.39, 0.29) is 6.10 Å². The van der Waals surface area contributed by atoms with Gasteiger partial charge in [0.15, 0.2) is 11.5 Å². The van der Waals surface area contributed by atoms with Crippen LogP contribution in [0.15, 0.2) is 17.1 Å². The minimum atomic E-state index is -0.721. The second-order valence-corrected chi connectivity index (χ2v) is 5.24. The molecule has 1 aromatic rings. The summed E-state index contributed by atoms with van der Waals surface area (Å²) in [5.41, 5.74) is -0.154. The molecule has 0 spiro atoms. The molecule has 0 atom stereocenters. The van der Waals surface area contributed by atoms with Gasteiger partial charge in [0, 0.05) is 11.6 Å². The fourth-order valence-corrected chi connectivity index (χ4v) is 2.46. The van der Waals surface area contributed by atoms with E-state index in [2.05, 4.69) is 4.99 Å². The van der Waals surface area contributed by atoms with Crippen molar-refractivity contribution in [1.82, 2.24) is 0 Å². The van der Waals surface area contributed by atoms with E-state index >= 15 is 0 Å². The zero-order valence-electron chi connectivity index (χ0n) is 11.9. The van der Waals surface area contributed by atoms with Crippen molar-refractivity contribution in [2.45, 2.75) is 44.8 Å². The summed E-state index contributed by atoms with van der Waals surface area (Å²) < 4.78 is 24.8. The number of carbonyl (C=O) groups excluding carboxylic acids is 1. The second-order valence-electron chi connectivity index (χ2n) is 5.24. The fraction of sp³-hybridized carbons (Fsp3) is 0.533. The minimum Gasteiger partial charge on any atom is -0.493 e. The van der Waals surface area contributed by atoms with Crippen LogP contribution in [-0.4, -0.2) is 19.3 Å². The van der Waals surface area contributed by atoms with Crippen LogP contribution in [0.1, 0.15) is 38.7 Å². The summed E-state index contributed by atoms with van der Waals surface area (Å²) in [4.78, 5) is 14.6. The first-order valence-electron chi connectivity index (χ1n) is 6.66. The van der Waals surface area contributed by atoms with Gasteiger partial charge in [0.2, 0.25) is 6.08 Å². The minimum absolute atomic E-state index is 0.0922. The molecule has 0 aromatic heterocycles. The Morgan fingerprint density at radius 1 is 1.40 bits per heavy atom. The lowest BCUT2D eigenvalue weighted by Gasteiger charge is -2.38. The zero-order valence-corrected chi connectivity index (χ0v) is 11.9. The highest BCUT2D eigenvalue weighted by Gasteiger charge is 2.42. The van der Waals surface area contributed by atoms with Gasteiger partial charge in [-0.25, -0.2) is 9.18 Å². The molecule has 1 fully saturated rings. The molecule has 0 aliphatic heterocycles. The van der Waals surface area contributed by atoms with Gasteiger partial charge in [0.25, 0.3) is 0 Å². The SMILES string of the molecule is COc1cc(F)cc(C2(N=C=O)CCC2)c1OC(C)C. The maximum Gasteiger partial charge on any atom is 0.235 e. The Bertz CT molecular complexity index is 546. The Morgan fingerprint density at radius 2 is 2.10 bits per heavy atom. The molecule has 108 valence electrons. The van der Waals surface area contributed by atoms with Crippen molar-refractivity contribution in [3.05, 3.63) is 23.5 Å². The third-order valence-electron chi connectivity index (χ3n) is 3.53. The first kappa shape index (κ1) is 14.5. The molecule has 1 aliphatic carbocycles. The van der Waals surface area contributed by atoms with Crippen molar-refractivity contribution in [2.24, 2.45) is 4.99 Å². The summed E-state index contributed by atoms with van der Waals surface area (Å²) in [7, 11) is 1.46. The van der Waals surface area contributed by atoms with Gasteiger partial charge in [-0.2, -0.15) is 4.99 Å². The Morgan fingerprint density at radius 3 is 2.55 bits per heavy atom. The summed E-state index contributed by atoms with van der Waals surface area (Å²) in [6.45, 7) is 3.76. The first-order valence-corrected chi connectivity index (χ1v) is 6.66. The Kier molecular flexibility index (Phi) is 4.09. The molecular formula is C15H18FNO3. The molecule has 0 saturated heterocycles. The van der Waals surface area contributed by atoms with E-state index in [0.717, 1.165) is 6.42 Å². The molecule has 1 saturated carbocycles. The summed E-state index contributed by atoms with van der Waals surface area (Å²) in [6, 6.07) is 2.65. The molecule has 20 heavy (non-hydrogen) atoms. The van der Waals surface area contributed by atoms with Crippen molar-refractivity contribution >= 4 is 6.08 Å². The number of hydrogen-bond acceptors (Lipinski definition) is 4. The average molecular weight is 279 g/mol. The lowest BCUT2D eigenvalue weighted by atomic mass is 9.72. The molecule has 0 heterocycles. The van der Waals surface area contributed by atoms with E-state index in [1.165, 1.54) is 19.2 Å². The van der Waals surface area contributed by atoms with E-state index in [1.54, 1.807) is 6.08 Å². The molecule has 1 aliphatic rings. The molecular weight excluding hydrogens is 261 g/mol. The lowest BCUT2D eigenvalue weighted by molar-refractivity contribution is 0.201. The smallest absolute Gasteiger partial charge is 0.235 e. The zero-order chi connectivity index (χ0) is 14.8. The van der Waals surface area contributed by atoms with Gasteiger partial charge in [-0.15, -0.1) is 0 Å². The molecule has 0 radical (unpaired) electrons. The van der Waals surface area contributed by atoms with Gasteiger partial charge in [0.05, 0.1) is 13.2 Å². The van der Waals surface area contributed by atoms with Crippen molar-refractivity contribution in [3.63, 3.8) is 0 Å². The average Bonchev–Trinajstić information content (AvgIpc) is 2.35. The van der Waals surface area contributed by atoms with E-state index in [0.29, 0.717) is 29.9 Å². The van der Waals surface area contributed by atoms with Crippen LogP contribution in [0, 0.1) is 5.82 Å². The number of benzene rings is 1. The maximum atomic E-state index is 13.8. The number of methoxy groups -OCH3 is 1. The maximum absolute atomic E-state index is 13.8. The van der Waals surface area contributed by atoms with E-state index in [9.17, 15) is 9.18 Å². The van der Waals surface area contributed by atoms with Crippen LogP contribution >= 0.6 is 0 Å². The van der Waals surface area contributed by atoms with Crippen LogP contribution in [0.4, 0.5) is 4.39 Å². The number of ether oxygens (including phenoxy) is 2. The van der Waals surface area contributed by atoms with Crippen LogP contribution in [0.2, 0.25) is 0 Å². The van der Waals surface area contributed by atoms with Gasteiger partial charge in [0.1, 0.15) is 11.4 Å². The third kappa shape index (κ3) is 2.54. The van der Waals surface area contributed by atoms with E-state index in [1.807, 2.05) is 13.8 Å². The summed E-state index contributed by atoms with van der Waals surface area (Å²) in [5, 5.41) is 0. The van der Waals surface area contributed by atoms with Crippen molar-refractivity contribution in [1.29, 1.82) is 0 Å². The standard InChI is InChI=1S/C15H18FNO3/c1-10(2)20-14-12(7-11(16)8-13(14)19-3)15(17-9-18)5-4-6-15/h7-8,10H,4-6H2,1-3H3. The van der Waals surface area contributed by atoms with Crippen molar-refractivity contribution < 1.29 is 18.7 Å². The predicted molar refractivity (Wildman–Crippen MR) is 72.4 cm³/mol. The van der Waals surface area contributed by atoms with Gasteiger partial charge < -0.3 is 9.47 Å². The van der Waals surface area contributed by atoms with Crippen molar-refractivity contribution in [2.75, 3.05) is 7.11 Å². The Labute approximate surface area is 117 Å². The summed E-state index contributed by atoms with van der Waals surface area (Å²) >= 11 is 0. The number of halogens is 1. The molecule has 2 rings (SSSR count). The molecule has 4 nitrogen and oxygen atoms in total. The number of nitrogens with zero attached hydrogens (tertiary/aromatic N) is 1. The van der Waals surface area contributed by atoms with Crippen LogP contribution in [0.5, 0.6) is 11.5 Å². The quantitative estimate of drug-likeness (QED) is 0.613. The van der Waals surface area contributed by atoms with E-state index < -0.39 is 11.4 Å². The third-order valence-corrected chi connectivity index (χ3v) is 3.53. The highest BCUT2D eigenvalue weighted by Crippen LogP contribution is 2.50. The normalized spacial score (nSPS) is 16.2. The highest BCUT2D eigenvalue weighted by atomic mass is 19.1. The monoisotopic (exact) mass is 279 g/mol. The largest absolute Gasteiger partial charge is 0.493 e. The van der Waals surface area contributed by atoms with Gasteiger partial charge >= 0.3 is 0 Å². The fourth-order valence-electron chi connectivity index (χ4n) is 2.46. The summed E-state index contributed by atoms with van der Waals surface area (Å²) in [6.07, 6.45) is 3.81. The van der Waals surface area contributed by atoms with E-state index in [4.69, 9.17) is 9.47 Å². The number of aliphatic imine (C=N–C) groups is 1. The highest BCUT2D eigenvalue weighted by molar-refractivity contribution is 5.53. The van der Waals surface area contributed by atoms with Crippen LogP contribution in [0.3, 0.4) is 0 Å². The number of isocyanates is 1. The van der Waals surface area contributed by atoms with Crippen LogP contribution < -0.4 is 9.47 Å². The molecule has 1 aromatic carbocycles. The second kappa shape index (κ2) is 5.63. The van der Waals surface area contributed by atoms with Crippen LogP contribution in [-0.2, 0) is 10.3 Å². The lowest BCUT2D eigenvalue weighted by Crippen LogP contribution is -2.33. The molecule has 0 bridgehead atoms. The Balaban J connectivity index is 2.60. The topological polar surface area (TPSA) is 47.9 Å². The molecule has 0 N–H and O–H groups in total. The van der Waals surface area contributed by atoms with Gasteiger partial charge in [-0.3, -0.25) is 0 Å².